The van der Waals surface area contributed by atoms with E-state index in [0.29, 0.717) is 26.3 Å². The number of hydrogen-bond acceptors (Lipinski definition) is 3. The Kier molecular flexibility index (Phi) is 4.51. The van der Waals surface area contributed by atoms with Gasteiger partial charge in [0.15, 0.2) is 0 Å². The van der Waals surface area contributed by atoms with Crippen LogP contribution in [0.2, 0.25) is 0 Å². The number of benzene rings is 1. The Morgan fingerprint density at radius 1 is 1.33 bits per heavy atom. The van der Waals surface area contributed by atoms with Crippen molar-refractivity contribution >= 4 is 5.91 Å². The van der Waals surface area contributed by atoms with Crippen LogP contribution in [-0.4, -0.2) is 43.7 Å². The van der Waals surface area contributed by atoms with Crippen LogP contribution < -0.4 is 5.32 Å². The predicted octanol–water partition coefficient (Wildman–Crippen LogP) is 1.73. The molecule has 0 radical (unpaired) electrons. The quantitative estimate of drug-likeness (QED) is 0.902. The van der Waals surface area contributed by atoms with Crippen LogP contribution in [0.25, 0.3) is 0 Å². The first-order chi connectivity index (χ1) is 10.3. The summed E-state index contributed by atoms with van der Waals surface area (Å²) >= 11 is 0. The number of carbonyl (C=O) groups excluding carboxylic acids is 1. The molecule has 2 aliphatic rings. The molecule has 2 saturated heterocycles. The van der Waals surface area contributed by atoms with Crippen molar-refractivity contribution in [3.8, 4) is 0 Å². The van der Waals surface area contributed by atoms with Crippen molar-refractivity contribution in [3.05, 3.63) is 35.6 Å². The second kappa shape index (κ2) is 6.54. The Bertz CT molecular complexity index is 503. The number of hydrogen-bond donors (Lipinski definition) is 1. The highest BCUT2D eigenvalue weighted by molar-refractivity contribution is 5.79. The van der Waals surface area contributed by atoms with Gasteiger partial charge < -0.3 is 15.0 Å². The van der Waals surface area contributed by atoms with Crippen molar-refractivity contribution in [2.45, 2.75) is 18.9 Å². The van der Waals surface area contributed by atoms with Gasteiger partial charge in [-0.25, -0.2) is 4.39 Å². The molecule has 114 valence electrons. The van der Waals surface area contributed by atoms with Gasteiger partial charge in [0.25, 0.3) is 0 Å². The van der Waals surface area contributed by atoms with Crippen LogP contribution in [0.15, 0.2) is 24.3 Å². The van der Waals surface area contributed by atoms with Crippen LogP contribution >= 0.6 is 0 Å². The SMILES string of the molecule is O=C(C1CCOCC1)N1CCNCC1c1cccc(F)c1. The Morgan fingerprint density at radius 3 is 2.90 bits per heavy atom. The van der Waals surface area contributed by atoms with Gasteiger partial charge in [-0.15, -0.1) is 0 Å². The maximum atomic E-state index is 13.5. The molecule has 5 heteroatoms. The molecule has 0 aliphatic carbocycles. The molecule has 1 aromatic rings. The first-order valence-electron chi connectivity index (χ1n) is 7.60. The maximum Gasteiger partial charge on any atom is 0.226 e. The van der Waals surface area contributed by atoms with E-state index in [1.165, 1.54) is 12.1 Å². The molecule has 1 aromatic carbocycles. The molecule has 0 aromatic heterocycles. The van der Waals surface area contributed by atoms with E-state index in [4.69, 9.17) is 4.74 Å². The number of rotatable bonds is 2. The van der Waals surface area contributed by atoms with Gasteiger partial charge in [0.05, 0.1) is 6.04 Å². The number of nitrogens with zero attached hydrogens (tertiary/aromatic N) is 1. The van der Waals surface area contributed by atoms with E-state index in [-0.39, 0.29) is 23.7 Å². The van der Waals surface area contributed by atoms with Gasteiger partial charge in [-0.2, -0.15) is 0 Å². The lowest BCUT2D eigenvalue weighted by atomic mass is 9.95. The summed E-state index contributed by atoms with van der Waals surface area (Å²) in [6.45, 7) is 3.47. The van der Waals surface area contributed by atoms with Gasteiger partial charge >= 0.3 is 0 Å². The van der Waals surface area contributed by atoms with Gasteiger partial charge in [0.1, 0.15) is 5.82 Å². The van der Waals surface area contributed by atoms with Crippen molar-refractivity contribution in [2.75, 3.05) is 32.8 Å². The fourth-order valence-electron chi connectivity index (χ4n) is 3.16. The summed E-state index contributed by atoms with van der Waals surface area (Å²) in [5, 5.41) is 3.30. The molecule has 1 unspecified atom stereocenters. The molecule has 4 nitrogen and oxygen atoms in total. The van der Waals surface area contributed by atoms with Crippen molar-refractivity contribution in [1.29, 1.82) is 0 Å². The molecule has 0 bridgehead atoms. The minimum atomic E-state index is -0.253. The van der Waals surface area contributed by atoms with Gasteiger partial charge in [-0.1, -0.05) is 12.1 Å². The van der Waals surface area contributed by atoms with Crippen LogP contribution in [0.5, 0.6) is 0 Å². The van der Waals surface area contributed by atoms with Gasteiger partial charge in [0, 0.05) is 38.8 Å². The minimum Gasteiger partial charge on any atom is -0.381 e. The first-order valence-corrected chi connectivity index (χ1v) is 7.60. The standard InChI is InChI=1S/C16H21FN2O2/c17-14-3-1-2-13(10-14)15-11-18-6-7-19(15)16(20)12-4-8-21-9-5-12/h1-3,10,12,15,18H,4-9,11H2. The summed E-state index contributed by atoms with van der Waals surface area (Å²) in [4.78, 5) is 14.7. The van der Waals surface area contributed by atoms with Crippen molar-refractivity contribution < 1.29 is 13.9 Å². The second-order valence-corrected chi connectivity index (χ2v) is 5.69. The molecule has 2 heterocycles. The molecule has 1 amide bonds. The average Bonchev–Trinajstić information content (AvgIpc) is 2.55. The zero-order chi connectivity index (χ0) is 14.7. The number of piperazine rings is 1. The third-order valence-corrected chi connectivity index (χ3v) is 4.33. The van der Waals surface area contributed by atoms with E-state index in [0.717, 1.165) is 24.9 Å². The van der Waals surface area contributed by atoms with E-state index >= 15 is 0 Å². The monoisotopic (exact) mass is 292 g/mol. The smallest absolute Gasteiger partial charge is 0.226 e. The number of carbonyl (C=O) groups is 1. The third-order valence-electron chi connectivity index (χ3n) is 4.33. The molecular weight excluding hydrogens is 271 g/mol. The molecular formula is C16H21FN2O2. The molecule has 2 aliphatic heterocycles. The number of nitrogens with one attached hydrogen (secondary N) is 1. The summed E-state index contributed by atoms with van der Waals surface area (Å²) in [6.07, 6.45) is 1.58. The highest BCUT2D eigenvalue weighted by Gasteiger charge is 2.33. The van der Waals surface area contributed by atoms with E-state index in [1.54, 1.807) is 6.07 Å². The average molecular weight is 292 g/mol. The Balaban J connectivity index is 1.79. The van der Waals surface area contributed by atoms with E-state index in [1.807, 2.05) is 11.0 Å². The van der Waals surface area contributed by atoms with E-state index in [9.17, 15) is 9.18 Å². The van der Waals surface area contributed by atoms with E-state index < -0.39 is 0 Å². The second-order valence-electron chi connectivity index (χ2n) is 5.69. The van der Waals surface area contributed by atoms with Crippen LogP contribution in [0.3, 0.4) is 0 Å². The largest absolute Gasteiger partial charge is 0.381 e. The molecule has 0 saturated carbocycles. The first kappa shape index (κ1) is 14.5. The van der Waals surface area contributed by atoms with E-state index in [2.05, 4.69) is 5.32 Å². The Morgan fingerprint density at radius 2 is 2.14 bits per heavy atom. The highest BCUT2D eigenvalue weighted by atomic mass is 19.1. The van der Waals surface area contributed by atoms with Crippen molar-refractivity contribution in [3.63, 3.8) is 0 Å². The molecule has 3 rings (SSSR count). The fraction of sp³-hybridized carbons (Fsp3) is 0.562. The summed E-state index contributed by atoms with van der Waals surface area (Å²) in [5.74, 6) is -0.0153. The Hall–Kier alpha value is -1.46. The number of halogens is 1. The Labute approximate surface area is 124 Å². The van der Waals surface area contributed by atoms with Crippen LogP contribution in [-0.2, 0) is 9.53 Å². The summed E-state index contributed by atoms with van der Waals surface area (Å²) in [7, 11) is 0. The molecule has 1 atom stereocenters. The van der Waals surface area contributed by atoms with Crippen molar-refractivity contribution in [2.24, 2.45) is 5.92 Å². The number of amides is 1. The third kappa shape index (κ3) is 3.24. The lowest BCUT2D eigenvalue weighted by Crippen LogP contribution is -2.51. The van der Waals surface area contributed by atoms with Gasteiger partial charge in [-0.05, 0) is 30.5 Å². The lowest BCUT2D eigenvalue weighted by molar-refractivity contribution is -0.142. The molecule has 21 heavy (non-hydrogen) atoms. The number of ether oxygens (including phenoxy) is 1. The van der Waals surface area contributed by atoms with Crippen LogP contribution in [0.1, 0.15) is 24.4 Å². The van der Waals surface area contributed by atoms with Crippen molar-refractivity contribution in [1.82, 2.24) is 10.2 Å². The minimum absolute atomic E-state index is 0.0490. The fourth-order valence-corrected chi connectivity index (χ4v) is 3.16. The normalized spacial score (nSPS) is 24.0. The van der Waals surface area contributed by atoms with Gasteiger partial charge in [-0.3, -0.25) is 4.79 Å². The topological polar surface area (TPSA) is 41.6 Å². The van der Waals surface area contributed by atoms with Crippen LogP contribution in [0.4, 0.5) is 4.39 Å². The molecule has 1 N–H and O–H groups in total. The summed E-state index contributed by atoms with van der Waals surface area (Å²) in [5.41, 5.74) is 0.864. The molecule has 0 spiro atoms. The highest BCUT2D eigenvalue weighted by Crippen LogP contribution is 2.27. The summed E-state index contributed by atoms with van der Waals surface area (Å²) in [6, 6.07) is 6.48. The lowest BCUT2D eigenvalue weighted by Gasteiger charge is -2.39. The zero-order valence-corrected chi connectivity index (χ0v) is 12.1. The predicted molar refractivity (Wildman–Crippen MR) is 77.3 cm³/mol. The zero-order valence-electron chi connectivity index (χ0n) is 12.1. The molecule has 2 fully saturated rings. The van der Waals surface area contributed by atoms with Gasteiger partial charge in [0.2, 0.25) is 5.91 Å². The summed E-state index contributed by atoms with van der Waals surface area (Å²) < 4.78 is 18.8. The van der Waals surface area contributed by atoms with Crippen LogP contribution in [0, 0.1) is 11.7 Å². The maximum absolute atomic E-state index is 13.5.